The zero-order valence-corrected chi connectivity index (χ0v) is 13.2. The molecular weight excluding hydrogens is 264 g/mol. The minimum atomic E-state index is -0.0434. The first-order valence-corrected chi connectivity index (χ1v) is 7.55. The molecule has 1 aromatic rings. The van der Waals surface area contributed by atoms with Crippen LogP contribution in [0.4, 0.5) is 10.5 Å². The highest BCUT2D eigenvalue weighted by Crippen LogP contribution is 2.17. The molecule has 0 aromatic heterocycles. The number of hydrogen-bond acceptors (Lipinski definition) is 3. The van der Waals surface area contributed by atoms with Gasteiger partial charge in [-0.1, -0.05) is 12.1 Å². The topological polar surface area (TPSA) is 61.6 Å². The quantitative estimate of drug-likeness (QED) is 0.897. The van der Waals surface area contributed by atoms with E-state index in [4.69, 9.17) is 5.73 Å². The van der Waals surface area contributed by atoms with Crippen LogP contribution in [0, 0.1) is 0 Å². The summed E-state index contributed by atoms with van der Waals surface area (Å²) in [5.74, 6) is 0. The van der Waals surface area contributed by atoms with Gasteiger partial charge >= 0.3 is 6.03 Å². The van der Waals surface area contributed by atoms with Crippen molar-refractivity contribution in [1.29, 1.82) is 0 Å². The number of amides is 2. The molecule has 1 fully saturated rings. The minimum absolute atomic E-state index is 0.0108. The lowest BCUT2D eigenvalue weighted by Crippen LogP contribution is -2.46. The van der Waals surface area contributed by atoms with Crippen LogP contribution < -0.4 is 11.1 Å². The molecule has 5 nitrogen and oxygen atoms in total. The predicted octanol–water partition coefficient (Wildman–Crippen LogP) is 2.26. The van der Waals surface area contributed by atoms with Gasteiger partial charge in [0, 0.05) is 24.8 Å². The van der Waals surface area contributed by atoms with Gasteiger partial charge in [-0.25, -0.2) is 4.79 Å². The Labute approximate surface area is 127 Å². The first-order chi connectivity index (χ1) is 9.97. The standard InChI is InChI=1S/C16H26N4O/c1-12(17)13-4-6-14(7-5-13)18-16(21)20(3)15-8-10-19(2)11-9-15/h4-7,12,15H,8-11,17H2,1-3H3,(H,18,21). The molecule has 0 bridgehead atoms. The van der Waals surface area contributed by atoms with E-state index >= 15 is 0 Å². The Morgan fingerprint density at radius 3 is 2.43 bits per heavy atom. The van der Waals surface area contributed by atoms with Gasteiger partial charge in [-0.2, -0.15) is 0 Å². The second-order valence-electron chi connectivity index (χ2n) is 5.99. The van der Waals surface area contributed by atoms with E-state index in [1.807, 2.05) is 43.1 Å². The molecule has 3 N–H and O–H groups in total. The molecule has 1 saturated heterocycles. The van der Waals surface area contributed by atoms with Crippen molar-refractivity contribution in [1.82, 2.24) is 9.80 Å². The maximum atomic E-state index is 12.3. The minimum Gasteiger partial charge on any atom is -0.325 e. The normalized spacial score (nSPS) is 18.3. The Bertz CT molecular complexity index is 464. The van der Waals surface area contributed by atoms with E-state index < -0.39 is 0 Å². The van der Waals surface area contributed by atoms with E-state index in [9.17, 15) is 4.79 Å². The zero-order chi connectivity index (χ0) is 15.4. The highest BCUT2D eigenvalue weighted by Gasteiger charge is 2.23. The highest BCUT2D eigenvalue weighted by atomic mass is 16.2. The summed E-state index contributed by atoms with van der Waals surface area (Å²) in [6.45, 7) is 4.04. The van der Waals surface area contributed by atoms with Crippen LogP contribution >= 0.6 is 0 Å². The molecule has 2 amide bonds. The van der Waals surface area contributed by atoms with Gasteiger partial charge in [-0.05, 0) is 57.6 Å². The number of anilines is 1. The van der Waals surface area contributed by atoms with Crippen molar-refractivity contribution in [3.8, 4) is 0 Å². The summed E-state index contributed by atoms with van der Waals surface area (Å²) in [6.07, 6.45) is 2.06. The molecule has 0 spiro atoms. The van der Waals surface area contributed by atoms with Gasteiger partial charge in [0.2, 0.25) is 0 Å². The Morgan fingerprint density at radius 1 is 1.33 bits per heavy atom. The lowest BCUT2D eigenvalue weighted by Gasteiger charge is -2.35. The Kier molecular flexibility index (Phi) is 5.20. The monoisotopic (exact) mass is 290 g/mol. The summed E-state index contributed by atoms with van der Waals surface area (Å²) >= 11 is 0. The Balaban J connectivity index is 1.91. The van der Waals surface area contributed by atoms with Crippen LogP contribution in [0.3, 0.4) is 0 Å². The van der Waals surface area contributed by atoms with Crippen molar-refractivity contribution >= 4 is 11.7 Å². The fourth-order valence-corrected chi connectivity index (χ4v) is 2.63. The molecule has 1 atom stereocenters. The number of benzene rings is 1. The average Bonchev–Trinajstić information content (AvgIpc) is 2.47. The van der Waals surface area contributed by atoms with Crippen molar-refractivity contribution in [2.45, 2.75) is 31.8 Å². The molecule has 0 saturated carbocycles. The smallest absolute Gasteiger partial charge is 0.321 e. The van der Waals surface area contributed by atoms with Crippen molar-refractivity contribution in [2.75, 3.05) is 32.5 Å². The molecule has 1 aliphatic heterocycles. The van der Waals surface area contributed by atoms with Gasteiger partial charge < -0.3 is 20.9 Å². The molecule has 21 heavy (non-hydrogen) atoms. The first-order valence-electron chi connectivity index (χ1n) is 7.55. The fourth-order valence-electron chi connectivity index (χ4n) is 2.63. The van der Waals surface area contributed by atoms with Crippen molar-refractivity contribution in [2.24, 2.45) is 5.73 Å². The third-order valence-corrected chi connectivity index (χ3v) is 4.24. The molecule has 0 radical (unpaired) electrons. The molecular formula is C16H26N4O. The van der Waals surface area contributed by atoms with E-state index in [-0.39, 0.29) is 12.1 Å². The van der Waals surface area contributed by atoms with Gasteiger partial charge in [-0.3, -0.25) is 0 Å². The second kappa shape index (κ2) is 6.91. The molecule has 1 aromatic carbocycles. The van der Waals surface area contributed by atoms with Gasteiger partial charge in [0.05, 0.1) is 0 Å². The van der Waals surface area contributed by atoms with E-state index in [1.54, 1.807) is 0 Å². The maximum absolute atomic E-state index is 12.3. The van der Waals surface area contributed by atoms with E-state index in [2.05, 4.69) is 17.3 Å². The molecule has 2 rings (SSSR count). The summed E-state index contributed by atoms with van der Waals surface area (Å²) in [4.78, 5) is 16.4. The first kappa shape index (κ1) is 15.8. The third-order valence-electron chi connectivity index (χ3n) is 4.24. The fraction of sp³-hybridized carbons (Fsp3) is 0.562. The van der Waals surface area contributed by atoms with Crippen molar-refractivity contribution in [3.63, 3.8) is 0 Å². The number of nitrogens with zero attached hydrogens (tertiary/aromatic N) is 2. The molecule has 1 unspecified atom stereocenters. The van der Waals surface area contributed by atoms with Gasteiger partial charge in [0.25, 0.3) is 0 Å². The van der Waals surface area contributed by atoms with Crippen LogP contribution in [-0.2, 0) is 0 Å². The number of likely N-dealkylation sites (tertiary alicyclic amines) is 1. The largest absolute Gasteiger partial charge is 0.325 e. The number of nitrogens with two attached hydrogens (primary N) is 1. The summed E-state index contributed by atoms with van der Waals surface area (Å²) in [6, 6.07) is 8.00. The lowest BCUT2D eigenvalue weighted by molar-refractivity contribution is 0.156. The summed E-state index contributed by atoms with van der Waals surface area (Å²) in [5.41, 5.74) is 7.70. The number of piperidine rings is 1. The summed E-state index contributed by atoms with van der Waals surface area (Å²) in [7, 11) is 4.00. The third kappa shape index (κ3) is 4.19. The molecule has 1 aliphatic rings. The number of rotatable bonds is 3. The predicted molar refractivity (Wildman–Crippen MR) is 86.3 cm³/mol. The average molecular weight is 290 g/mol. The van der Waals surface area contributed by atoms with E-state index in [0.717, 1.165) is 37.2 Å². The van der Waals surface area contributed by atoms with Crippen LogP contribution in [0.1, 0.15) is 31.4 Å². The van der Waals surface area contributed by atoms with Crippen LogP contribution in [0.2, 0.25) is 0 Å². The molecule has 0 aliphatic carbocycles. The second-order valence-corrected chi connectivity index (χ2v) is 5.99. The summed E-state index contributed by atoms with van der Waals surface area (Å²) in [5, 5.41) is 2.95. The number of carbonyl (C=O) groups is 1. The SMILES string of the molecule is CC(N)c1ccc(NC(=O)N(C)C2CCN(C)CC2)cc1. The van der Waals surface area contributed by atoms with Crippen molar-refractivity contribution < 1.29 is 4.79 Å². The van der Waals surface area contributed by atoms with E-state index in [0.29, 0.717) is 6.04 Å². The summed E-state index contributed by atoms with van der Waals surface area (Å²) < 4.78 is 0. The van der Waals surface area contributed by atoms with Gasteiger partial charge in [0.1, 0.15) is 0 Å². The number of hydrogen-bond donors (Lipinski definition) is 2. The van der Waals surface area contributed by atoms with Crippen molar-refractivity contribution in [3.05, 3.63) is 29.8 Å². The highest BCUT2D eigenvalue weighted by molar-refractivity contribution is 5.89. The molecule has 5 heteroatoms. The number of urea groups is 1. The van der Waals surface area contributed by atoms with Crippen LogP contribution in [0.5, 0.6) is 0 Å². The lowest BCUT2D eigenvalue weighted by atomic mass is 10.0. The van der Waals surface area contributed by atoms with Gasteiger partial charge in [-0.15, -0.1) is 0 Å². The maximum Gasteiger partial charge on any atom is 0.321 e. The Morgan fingerprint density at radius 2 is 1.90 bits per heavy atom. The van der Waals surface area contributed by atoms with Gasteiger partial charge in [0.15, 0.2) is 0 Å². The number of carbonyl (C=O) groups excluding carboxylic acids is 1. The molecule has 116 valence electrons. The Hall–Kier alpha value is -1.59. The van der Waals surface area contributed by atoms with Crippen LogP contribution in [0.25, 0.3) is 0 Å². The molecule has 1 heterocycles. The number of nitrogens with one attached hydrogen (secondary N) is 1. The van der Waals surface area contributed by atoms with Crippen LogP contribution in [-0.4, -0.2) is 49.1 Å². The van der Waals surface area contributed by atoms with Crippen LogP contribution in [0.15, 0.2) is 24.3 Å². The zero-order valence-electron chi connectivity index (χ0n) is 13.2. The van der Waals surface area contributed by atoms with E-state index in [1.165, 1.54) is 0 Å².